The molecule has 1 aliphatic heterocycles. The molecule has 1 heterocycles. The van der Waals surface area contributed by atoms with Gasteiger partial charge in [0, 0.05) is 18.7 Å². The van der Waals surface area contributed by atoms with Crippen molar-refractivity contribution in [2.75, 3.05) is 19.7 Å². The third-order valence-corrected chi connectivity index (χ3v) is 4.65. The minimum atomic E-state index is -0.538. The summed E-state index contributed by atoms with van der Waals surface area (Å²) in [5.41, 5.74) is 7.98. The van der Waals surface area contributed by atoms with E-state index in [0.29, 0.717) is 17.9 Å². The Balaban J connectivity index is 1.56. The van der Waals surface area contributed by atoms with Gasteiger partial charge in [-0.2, -0.15) is 0 Å². The average molecular weight is 367 g/mol. The van der Waals surface area contributed by atoms with E-state index in [-0.39, 0.29) is 12.5 Å². The van der Waals surface area contributed by atoms with Crippen LogP contribution < -0.4 is 15.8 Å². The van der Waals surface area contributed by atoms with Crippen LogP contribution in [0.2, 0.25) is 0 Å². The summed E-state index contributed by atoms with van der Waals surface area (Å²) >= 11 is 0. The van der Waals surface area contributed by atoms with E-state index in [4.69, 9.17) is 10.5 Å². The third kappa shape index (κ3) is 5.56. The molecule has 2 aromatic rings. The molecule has 0 unspecified atom stereocenters. The van der Waals surface area contributed by atoms with E-state index in [1.807, 2.05) is 12.1 Å². The molecule has 0 spiro atoms. The Labute approximate surface area is 159 Å². The molecule has 1 fully saturated rings. The molecule has 3 N–H and O–H groups in total. The van der Waals surface area contributed by atoms with Crippen LogP contribution in [0.3, 0.4) is 0 Å². The number of carbonyl (C=O) groups is 2. The van der Waals surface area contributed by atoms with Crippen molar-refractivity contribution in [2.24, 2.45) is 5.73 Å². The number of nitrogens with two attached hydrogens (primary N) is 1. The molecular weight excluding hydrogens is 342 g/mol. The Bertz CT molecular complexity index is 784. The fourth-order valence-electron chi connectivity index (χ4n) is 3.20. The highest BCUT2D eigenvalue weighted by atomic mass is 16.5. The fourth-order valence-corrected chi connectivity index (χ4v) is 3.20. The molecule has 1 aliphatic rings. The average Bonchev–Trinajstić information content (AvgIpc) is 3.19. The number of rotatable bonds is 8. The largest absolute Gasteiger partial charge is 0.484 e. The molecule has 27 heavy (non-hydrogen) atoms. The van der Waals surface area contributed by atoms with Crippen molar-refractivity contribution >= 4 is 11.8 Å². The van der Waals surface area contributed by atoms with E-state index in [1.165, 1.54) is 18.4 Å². The van der Waals surface area contributed by atoms with Crippen LogP contribution in [-0.2, 0) is 17.9 Å². The number of carbonyl (C=O) groups excluding carboxylic acids is 2. The van der Waals surface area contributed by atoms with Gasteiger partial charge in [0.25, 0.3) is 11.8 Å². The zero-order valence-electron chi connectivity index (χ0n) is 15.3. The first-order valence-corrected chi connectivity index (χ1v) is 9.20. The summed E-state index contributed by atoms with van der Waals surface area (Å²) in [5.74, 6) is -0.182. The fraction of sp³-hybridized carbons (Fsp3) is 0.333. The van der Waals surface area contributed by atoms with E-state index in [1.54, 1.807) is 24.3 Å². The van der Waals surface area contributed by atoms with Gasteiger partial charge in [0.15, 0.2) is 6.61 Å². The van der Waals surface area contributed by atoms with Gasteiger partial charge >= 0.3 is 0 Å². The molecule has 6 heteroatoms. The van der Waals surface area contributed by atoms with Gasteiger partial charge in [-0.1, -0.05) is 24.3 Å². The summed E-state index contributed by atoms with van der Waals surface area (Å²) in [6.45, 7) is 3.52. The molecule has 0 aromatic heterocycles. The minimum absolute atomic E-state index is 0.146. The lowest BCUT2D eigenvalue weighted by Gasteiger charge is -2.17. The summed E-state index contributed by atoms with van der Waals surface area (Å²) in [6.07, 6.45) is 2.52. The quantitative estimate of drug-likeness (QED) is 0.748. The monoisotopic (exact) mass is 367 g/mol. The summed E-state index contributed by atoms with van der Waals surface area (Å²) in [4.78, 5) is 25.6. The molecule has 0 atom stereocenters. The molecule has 0 radical (unpaired) electrons. The van der Waals surface area contributed by atoms with Crippen LogP contribution >= 0.6 is 0 Å². The van der Waals surface area contributed by atoms with Crippen molar-refractivity contribution < 1.29 is 14.3 Å². The number of nitrogens with one attached hydrogen (secondary N) is 1. The molecule has 6 nitrogen and oxygen atoms in total. The van der Waals surface area contributed by atoms with Crippen LogP contribution in [0, 0.1) is 0 Å². The lowest BCUT2D eigenvalue weighted by atomic mass is 10.1. The highest BCUT2D eigenvalue weighted by Crippen LogP contribution is 2.17. The van der Waals surface area contributed by atoms with Gasteiger partial charge in [-0.15, -0.1) is 0 Å². The maximum absolute atomic E-state index is 12.4. The Hall–Kier alpha value is -2.86. The maximum Gasteiger partial charge on any atom is 0.255 e. The van der Waals surface area contributed by atoms with Crippen molar-refractivity contribution in [3.63, 3.8) is 0 Å². The summed E-state index contributed by atoms with van der Waals surface area (Å²) in [7, 11) is 0. The lowest BCUT2D eigenvalue weighted by Crippen LogP contribution is -2.25. The van der Waals surface area contributed by atoms with E-state index in [9.17, 15) is 9.59 Å². The third-order valence-electron chi connectivity index (χ3n) is 4.65. The molecule has 1 saturated heterocycles. The Morgan fingerprint density at radius 1 is 1.00 bits per heavy atom. The number of ether oxygens (including phenoxy) is 1. The van der Waals surface area contributed by atoms with Crippen LogP contribution in [0.5, 0.6) is 5.75 Å². The number of primary amides is 1. The number of amides is 2. The van der Waals surface area contributed by atoms with Gasteiger partial charge in [0.1, 0.15) is 5.75 Å². The van der Waals surface area contributed by atoms with Crippen LogP contribution in [0.15, 0.2) is 48.5 Å². The van der Waals surface area contributed by atoms with Crippen molar-refractivity contribution in [2.45, 2.75) is 25.9 Å². The molecule has 0 bridgehead atoms. The second-order valence-corrected chi connectivity index (χ2v) is 6.71. The molecule has 0 saturated carbocycles. The number of likely N-dealkylation sites (tertiary alicyclic amines) is 1. The number of hydrogen-bond acceptors (Lipinski definition) is 4. The SMILES string of the molecule is NC(=O)COc1ccc(C(=O)NCc2ccccc2CN2CCCC2)cc1. The first-order chi connectivity index (χ1) is 13.1. The molecule has 0 aliphatic carbocycles. The molecule has 3 rings (SSSR count). The predicted molar refractivity (Wildman–Crippen MR) is 103 cm³/mol. The van der Waals surface area contributed by atoms with Crippen molar-refractivity contribution in [3.05, 3.63) is 65.2 Å². The van der Waals surface area contributed by atoms with Crippen molar-refractivity contribution in [3.8, 4) is 5.75 Å². The van der Waals surface area contributed by atoms with E-state index < -0.39 is 5.91 Å². The smallest absolute Gasteiger partial charge is 0.255 e. The zero-order chi connectivity index (χ0) is 19.1. The number of nitrogens with zero attached hydrogens (tertiary/aromatic N) is 1. The van der Waals surface area contributed by atoms with E-state index in [0.717, 1.165) is 25.2 Å². The highest BCUT2D eigenvalue weighted by Gasteiger charge is 2.14. The van der Waals surface area contributed by atoms with Gasteiger partial charge in [-0.25, -0.2) is 0 Å². The summed E-state index contributed by atoms with van der Waals surface area (Å²) in [5, 5.41) is 2.98. The Kier molecular flexibility index (Phi) is 6.44. The van der Waals surface area contributed by atoms with Crippen LogP contribution in [-0.4, -0.2) is 36.4 Å². The first-order valence-electron chi connectivity index (χ1n) is 9.20. The summed E-state index contributed by atoms with van der Waals surface area (Å²) < 4.78 is 5.20. The molecular formula is C21H25N3O3. The Morgan fingerprint density at radius 2 is 1.67 bits per heavy atom. The van der Waals surface area contributed by atoms with Crippen molar-refractivity contribution in [1.82, 2.24) is 10.2 Å². The molecule has 142 valence electrons. The van der Waals surface area contributed by atoms with Gasteiger partial charge in [-0.05, 0) is 61.3 Å². The predicted octanol–water partition coefficient (Wildman–Crippen LogP) is 2.08. The maximum atomic E-state index is 12.4. The highest BCUT2D eigenvalue weighted by molar-refractivity contribution is 5.94. The normalized spacial score (nSPS) is 14.1. The van der Waals surface area contributed by atoms with E-state index >= 15 is 0 Å². The van der Waals surface area contributed by atoms with Crippen LogP contribution in [0.25, 0.3) is 0 Å². The van der Waals surface area contributed by atoms with Crippen LogP contribution in [0.1, 0.15) is 34.3 Å². The van der Waals surface area contributed by atoms with Gasteiger partial charge in [0.2, 0.25) is 0 Å². The van der Waals surface area contributed by atoms with Crippen molar-refractivity contribution in [1.29, 1.82) is 0 Å². The topological polar surface area (TPSA) is 84.7 Å². The molecule has 2 aromatic carbocycles. The van der Waals surface area contributed by atoms with Crippen LogP contribution in [0.4, 0.5) is 0 Å². The number of benzene rings is 2. The molecule has 2 amide bonds. The van der Waals surface area contributed by atoms with Gasteiger partial charge in [0.05, 0.1) is 0 Å². The van der Waals surface area contributed by atoms with Gasteiger partial charge < -0.3 is 15.8 Å². The lowest BCUT2D eigenvalue weighted by molar-refractivity contribution is -0.119. The Morgan fingerprint density at radius 3 is 2.33 bits per heavy atom. The zero-order valence-corrected chi connectivity index (χ0v) is 15.3. The minimum Gasteiger partial charge on any atom is -0.484 e. The first kappa shape index (κ1) is 18.9. The van der Waals surface area contributed by atoms with E-state index in [2.05, 4.69) is 22.3 Å². The number of hydrogen-bond donors (Lipinski definition) is 2. The van der Waals surface area contributed by atoms with Gasteiger partial charge in [-0.3, -0.25) is 14.5 Å². The summed E-state index contributed by atoms with van der Waals surface area (Å²) in [6, 6.07) is 14.9. The standard InChI is InChI=1S/C21H25N3O3/c22-20(25)15-27-19-9-7-16(8-10-19)21(26)23-13-17-5-1-2-6-18(17)14-24-11-3-4-12-24/h1-2,5-10H,3-4,11-15H2,(H2,22,25)(H,23,26). The second-order valence-electron chi connectivity index (χ2n) is 6.71. The second kappa shape index (κ2) is 9.19.